The van der Waals surface area contributed by atoms with Gasteiger partial charge in [0.05, 0.1) is 10.9 Å². The Morgan fingerprint density at radius 3 is 2.42 bits per heavy atom. The Kier molecular flexibility index (Phi) is 6.49. The second-order valence-electron chi connectivity index (χ2n) is 8.84. The maximum absolute atomic E-state index is 13.1. The van der Waals surface area contributed by atoms with Crippen molar-refractivity contribution in [2.24, 2.45) is 5.92 Å². The van der Waals surface area contributed by atoms with Crippen LogP contribution in [0.2, 0.25) is 0 Å². The van der Waals surface area contributed by atoms with Crippen molar-refractivity contribution >= 4 is 15.9 Å². The van der Waals surface area contributed by atoms with E-state index in [9.17, 15) is 13.2 Å². The second-order valence-corrected chi connectivity index (χ2v) is 10.8. The number of piperidine rings is 1. The topological polar surface area (TPSA) is 66.5 Å². The molecule has 2 aliphatic rings. The molecule has 0 unspecified atom stereocenters. The molecular weight excluding hydrogens is 408 g/mol. The summed E-state index contributed by atoms with van der Waals surface area (Å²) in [7, 11) is -3.51. The van der Waals surface area contributed by atoms with E-state index in [0.717, 1.165) is 36.8 Å². The number of fused-ring (bicyclic) bond motifs is 1. The second kappa shape index (κ2) is 9.13. The maximum Gasteiger partial charge on any atom is 0.243 e. The van der Waals surface area contributed by atoms with Gasteiger partial charge in [-0.3, -0.25) is 4.79 Å². The SMILES string of the molecule is CC[C@H](NC(=O)C1CCN(S(=O)(=O)c2ccc3c(c2)CCC3)CC1)c1ccc(C)cc1. The van der Waals surface area contributed by atoms with Gasteiger partial charge in [0.1, 0.15) is 0 Å². The number of rotatable bonds is 6. The number of nitrogens with one attached hydrogen (secondary N) is 1. The lowest BCUT2D eigenvalue weighted by Crippen LogP contribution is -2.43. The average molecular weight is 441 g/mol. The first kappa shape index (κ1) is 22.0. The summed E-state index contributed by atoms with van der Waals surface area (Å²) in [6, 6.07) is 13.8. The lowest BCUT2D eigenvalue weighted by molar-refractivity contribution is -0.126. The van der Waals surface area contributed by atoms with Crippen LogP contribution in [0.4, 0.5) is 0 Å². The molecule has 1 N–H and O–H groups in total. The Balaban J connectivity index is 1.37. The van der Waals surface area contributed by atoms with E-state index in [4.69, 9.17) is 0 Å². The van der Waals surface area contributed by atoms with E-state index in [1.165, 1.54) is 11.1 Å². The number of hydrogen-bond acceptors (Lipinski definition) is 3. The first-order valence-electron chi connectivity index (χ1n) is 11.4. The fourth-order valence-electron chi connectivity index (χ4n) is 4.73. The van der Waals surface area contributed by atoms with Crippen LogP contribution in [0.1, 0.15) is 60.9 Å². The molecule has 166 valence electrons. The quantitative estimate of drug-likeness (QED) is 0.734. The summed E-state index contributed by atoms with van der Waals surface area (Å²) in [5.74, 6) is -0.118. The number of carbonyl (C=O) groups is 1. The number of amides is 1. The molecule has 1 amide bonds. The molecule has 1 fully saturated rings. The molecule has 0 radical (unpaired) electrons. The molecule has 1 atom stereocenters. The minimum absolute atomic E-state index is 0.0127. The zero-order valence-corrected chi connectivity index (χ0v) is 19.2. The van der Waals surface area contributed by atoms with Crippen LogP contribution >= 0.6 is 0 Å². The van der Waals surface area contributed by atoms with Crippen LogP contribution in [0, 0.1) is 12.8 Å². The van der Waals surface area contributed by atoms with Crippen molar-refractivity contribution < 1.29 is 13.2 Å². The van der Waals surface area contributed by atoms with Gasteiger partial charge < -0.3 is 5.32 Å². The zero-order chi connectivity index (χ0) is 22.0. The molecule has 1 saturated heterocycles. The molecule has 0 spiro atoms. The molecule has 31 heavy (non-hydrogen) atoms. The fraction of sp³-hybridized carbons (Fsp3) is 0.480. The summed E-state index contributed by atoms with van der Waals surface area (Å²) in [4.78, 5) is 13.3. The summed E-state index contributed by atoms with van der Waals surface area (Å²) in [5.41, 5.74) is 4.74. The van der Waals surface area contributed by atoms with Crippen LogP contribution in [0.15, 0.2) is 47.4 Å². The summed E-state index contributed by atoms with van der Waals surface area (Å²) in [6.07, 6.45) is 5.03. The zero-order valence-electron chi connectivity index (χ0n) is 18.4. The predicted octanol–water partition coefficient (Wildman–Crippen LogP) is 4.15. The van der Waals surface area contributed by atoms with Gasteiger partial charge in [0.15, 0.2) is 0 Å². The number of benzene rings is 2. The Bertz CT molecular complexity index is 1040. The van der Waals surface area contributed by atoms with Gasteiger partial charge in [-0.25, -0.2) is 8.42 Å². The third kappa shape index (κ3) is 4.70. The molecule has 2 aromatic carbocycles. The van der Waals surface area contributed by atoms with Crippen molar-refractivity contribution in [2.45, 2.75) is 63.3 Å². The number of sulfonamides is 1. The Labute approximate surface area is 185 Å². The number of carbonyl (C=O) groups excluding carboxylic acids is 1. The van der Waals surface area contributed by atoms with E-state index in [1.54, 1.807) is 10.4 Å². The Morgan fingerprint density at radius 2 is 1.74 bits per heavy atom. The highest BCUT2D eigenvalue weighted by Gasteiger charge is 2.33. The van der Waals surface area contributed by atoms with Gasteiger partial charge in [0.25, 0.3) is 0 Å². The third-order valence-electron chi connectivity index (χ3n) is 6.74. The van der Waals surface area contributed by atoms with Crippen molar-refractivity contribution in [3.63, 3.8) is 0 Å². The Hall–Kier alpha value is -2.18. The molecule has 1 aliphatic heterocycles. The van der Waals surface area contributed by atoms with Gasteiger partial charge in [-0.1, -0.05) is 42.8 Å². The monoisotopic (exact) mass is 440 g/mol. The van der Waals surface area contributed by atoms with Crippen molar-refractivity contribution in [3.8, 4) is 0 Å². The fourth-order valence-corrected chi connectivity index (χ4v) is 6.25. The minimum atomic E-state index is -3.51. The van der Waals surface area contributed by atoms with Gasteiger partial charge >= 0.3 is 0 Å². The normalized spacial score (nSPS) is 18.5. The van der Waals surface area contributed by atoms with Gasteiger partial charge in [0.2, 0.25) is 15.9 Å². The van der Waals surface area contributed by atoms with Gasteiger partial charge in [0, 0.05) is 19.0 Å². The molecule has 0 bridgehead atoms. The molecule has 1 heterocycles. The summed E-state index contributed by atoms with van der Waals surface area (Å²) >= 11 is 0. The highest BCUT2D eigenvalue weighted by molar-refractivity contribution is 7.89. The van der Waals surface area contributed by atoms with Crippen molar-refractivity contribution in [2.75, 3.05) is 13.1 Å². The van der Waals surface area contributed by atoms with E-state index < -0.39 is 10.0 Å². The van der Waals surface area contributed by atoms with Gasteiger partial charge in [-0.2, -0.15) is 4.31 Å². The smallest absolute Gasteiger partial charge is 0.243 e. The molecular formula is C25H32N2O3S. The maximum atomic E-state index is 13.1. The Morgan fingerprint density at radius 1 is 1.06 bits per heavy atom. The number of aryl methyl sites for hydroxylation is 3. The van der Waals surface area contributed by atoms with E-state index in [-0.39, 0.29) is 17.9 Å². The molecule has 0 aromatic heterocycles. The number of hydrogen-bond donors (Lipinski definition) is 1. The largest absolute Gasteiger partial charge is 0.349 e. The van der Waals surface area contributed by atoms with Crippen LogP contribution < -0.4 is 5.32 Å². The molecule has 1 aliphatic carbocycles. The van der Waals surface area contributed by atoms with Crippen LogP contribution in [-0.4, -0.2) is 31.7 Å². The van der Waals surface area contributed by atoms with Crippen LogP contribution in [0.25, 0.3) is 0 Å². The summed E-state index contributed by atoms with van der Waals surface area (Å²) in [5, 5.41) is 3.18. The lowest BCUT2D eigenvalue weighted by Gasteiger charge is -2.31. The molecule has 5 nitrogen and oxygen atoms in total. The average Bonchev–Trinajstić information content (AvgIpc) is 3.26. The number of nitrogens with zero attached hydrogens (tertiary/aromatic N) is 1. The van der Waals surface area contributed by atoms with Crippen LogP contribution in [0.5, 0.6) is 0 Å². The first-order chi connectivity index (χ1) is 14.9. The lowest BCUT2D eigenvalue weighted by atomic mass is 9.95. The molecule has 6 heteroatoms. The van der Waals surface area contributed by atoms with Crippen LogP contribution in [-0.2, 0) is 27.7 Å². The van der Waals surface area contributed by atoms with Crippen molar-refractivity contribution in [1.29, 1.82) is 0 Å². The van der Waals surface area contributed by atoms with E-state index >= 15 is 0 Å². The first-order valence-corrected chi connectivity index (χ1v) is 12.8. The van der Waals surface area contributed by atoms with Gasteiger partial charge in [-0.15, -0.1) is 0 Å². The molecule has 0 saturated carbocycles. The van der Waals surface area contributed by atoms with Crippen molar-refractivity contribution in [1.82, 2.24) is 9.62 Å². The highest BCUT2D eigenvalue weighted by Crippen LogP contribution is 2.29. The molecule has 4 rings (SSSR count). The third-order valence-corrected chi connectivity index (χ3v) is 8.63. The van der Waals surface area contributed by atoms with E-state index in [0.29, 0.717) is 30.8 Å². The standard InChI is InChI=1S/C25H32N2O3S/c1-3-24(20-9-7-18(2)8-10-20)26-25(28)21-13-15-27(16-14-21)31(29,30)23-12-11-19-5-4-6-22(19)17-23/h7-12,17,21,24H,3-6,13-16H2,1-2H3,(H,26,28)/t24-/m0/s1. The van der Waals surface area contributed by atoms with E-state index in [2.05, 4.69) is 36.5 Å². The predicted molar refractivity (Wildman–Crippen MR) is 122 cm³/mol. The van der Waals surface area contributed by atoms with Gasteiger partial charge in [-0.05, 0) is 74.3 Å². The van der Waals surface area contributed by atoms with E-state index in [1.807, 2.05) is 19.1 Å². The minimum Gasteiger partial charge on any atom is -0.349 e. The van der Waals surface area contributed by atoms with Crippen LogP contribution in [0.3, 0.4) is 0 Å². The van der Waals surface area contributed by atoms with Crippen molar-refractivity contribution in [3.05, 3.63) is 64.7 Å². The summed E-state index contributed by atoms with van der Waals surface area (Å²) in [6.45, 7) is 4.89. The molecule has 2 aromatic rings. The summed E-state index contributed by atoms with van der Waals surface area (Å²) < 4.78 is 27.8. The highest BCUT2D eigenvalue weighted by atomic mass is 32.2.